The highest BCUT2D eigenvalue weighted by molar-refractivity contribution is 9.13. The molecule has 15 heavy (non-hydrogen) atoms. The van der Waals surface area contributed by atoms with E-state index in [0.717, 1.165) is 20.6 Å². The van der Waals surface area contributed by atoms with Crippen LogP contribution < -0.4 is 5.32 Å². The van der Waals surface area contributed by atoms with Gasteiger partial charge < -0.3 is 5.32 Å². The van der Waals surface area contributed by atoms with Crippen molar-refractivity contribution in [2.24, 2.45) is 0 Å². The van der Waals surface area contributed by atoms with Crippen LogP contribution in [-0.2, 0) is 0 Å². The summed E-state index contributed by atoms with van der Waals surface area (Å²) in [5.41, 5.74) is 0. The highest BCUT2D eigenvalue weighted by Gasteiger charge is 2.04. The van der Waals surface area contributed by atoms with Gasteiger partial charge in [-0.05, 0) is 50.1 Å². The number of halogens is 2. The molecule has 2 aromatic heterocycles. The maximum atomic E-state index is 4.21. The third-order valence-corrected chi connectivity index (χ3v) is 3.75. The van der Waals surface area contributed by atoms with Crippen LogP contribution in [0.1, 0.15) is 0 Å². The van der Waals surface area contributed by atoms with Crippen molar-refractivity contribution in [1.29, 1.82) is 0 Å². The van der Waals surface area contributed by atoms with E-state index < -0.39 is 0 Å². The minimum absolute atomic E-state index is 0.739. The summed E-state index contributed by atoms with van der Waals surface area (Å²) in [7, 11) is 0. The molecule has 0 saturated heterocycles. The lowest BCUT2D eigenvalue weighted by Crippen LogP contribution is -1.96. The minimum Gasteiger partial charge on any atom is -0.324 e. The molecule has 76 valence electrons. The first-order valence-electron chi connectivity index (χ1n) is 4.25. The zero-order valence-corrected chi connectivity index (χ0v) is 10.8. The van der Waals surface area contributed by atoms with Crippen molar-refractivity contribution >= 4 is 43.5 Å². The molecule has 0 radical (unpaired) electrons. The summed E-state index contributed by atoms with van der Waals surface area (Å²) in [5, 5.41) is 3.11. The van der Waals surface area contributed by atoms with E-state index in [-0.39, 0.29) is 0 Å². The predicted octanol–water partition coefficient (Wildman–Crippen LogP) is 3.75. The Morgan fingerprint density at radius 2 is 1.87 bits per heavy atom. The van der Waals surface area contributed by atoms with E-state index in [1.807, 2.05) is 24.3 Å². The number of aromatic nitrogens is 2. The number of nitrogens with one attached hydrogen (secondary N) is 1. The largest absolute Gasteiger partial charge is 0.324 e. The first-order chi connectivity index (χ1) is 7.27. The van der Waals surface area contributed by atoms with E-state index in [9.17, 15) is 0 Å². The lowest BCUT2D eigenvalue weighted by atomic mass is 10.4. The highest BCUT2D eigenvalue weighted by Crippen LogP contribution is 2.29. The Labute approximate surface area is 104 Å². The maximum absolute atomic E-state index is 4.21. The fourth-order valence-electron chi connectivity index (χ4n) is 1.07. The molecule has 0 aliphatic carbocycles. The molecular formula is C10H7Br2N3. The second-order valence-electron chi connectivity index (χ2n) is 2.80. The smallest absolute Gasteiger partial charge is 0.146 e. The molecule has 0 unspecified atom stereocenters. The molecule has 0 atom stereocenters. The van der Waals surface area contributed by atoms with Gasteiger partial charge in [-0.25, -0.2) is 9.97 Å². The van der Waals surface area contributed by atoms with Gasteiger partial charge in [-0.3, -0.25) is 0 Å². The predicted molar refractivity (Wildman–Crippen MR) is 67.2 cm³/mol. The van der Waals surface area contributed by atoms with Crippen molar-refractivity contribution in [1.82, 2.24) is 9.97 Å². The Kier molecular flexibility index (Phi) is 3.33. The zero-order chi connectivity index (χ0) is 10.7. The molecule has 2 rings (SSSR count). The molecule has 0 aliphatic rings. The van der Waals surface area contributed by atoms with Crippen LogP contribution in [0.4, 0.5) is 11.6 Å². The summed E-state index contributed by atoms with van der Waals surface area (Å²) in [5.74, 6) is 1.51. The van der Waals surface area contributed by atoms with Crippen LogP contribution in [0.15, 0.2) is 45.6 Å². The van der Waals surface area contributed by atoms with Crippen molar-refractivity contribution in [3.8, 4) is 0 Å². The average Bonchev–Trinajstić information content (AvgIpc) is 2.26. The van der Waals surface area contributed by atoms with Crippen LogP contribution in [0.25, 0.3) is 0 Å². The quantitative estimate of drug-likeness (QED) is 0.912. The SMILES string of the molecule is Brc1ccnc(Nc2ccccn2)c1Br. The summed E-state index contributed by atoms with van der Waals surface area (Å²) in [6.45, 7) is 0. The number of rotatable bonds is 2. The van der Waals surface area contributed by atoms with Crippen molar-refractivity contribution < 1.29 is 0 Å². The molecule has 0 saturated carbocycles. The lowest BCUT2D eigenvalue weighted by Gasteiger charge is -2.06. The molecule has 0 spiro atoms. The van der Waals surface area contributed by atoms with Gasteiger partial charge in [-0.1, -0.05) is 6.07 Å². The van der Waals surface area contributed by atoms with Crippen LogP contribution >= 0.6 is 31.9 Å². The van der Waals surface area contributed by atoms with Gasteiger partial charge in [0.25, 0.3) is 0 Å². The summed E-state index contributed by atoms with van der Waals surface area (Å²) < 4.78 is 1.84. The molecule has 3 nitrogen and oxygen atoms in total. The minimum atomic E-state index is 0.739. The number of nitrogens with zero attached hydrogens (tertiary/aromatic N) is 2. The summed E-state index contributed by atoms with van der Waals surface area (Å²) >= 11 is 6.85. The van der Waals surface area contributed by atoms with Crippen molar-refractivity contribution in [3.63, 3.8) is 0 Å². The Balaban J connectivity index is 2.29. The van der Waals surface area contributed by atoms with E-state index in [1.54, 1.807) is 12.4 Å². The molecule has 0 bridgehead atoms. The second kappa shape index (κ2) is 4.72. The lowest BCUT2D eigenvalue weighted by molar-refractivity contribution is 1.23. The first-order valence-corrected chi connectivity index (χ1v) is 5.84. The average molecular weight is 329 g/mol. The summed E-state index contributed by atoms with van der Waals surface area (Å²) in [4.78, 5) is 8.36. The highest BCUT2D eigenvalue weighted by atomic mass is 79.9. The Morgan fingerprint density at radius 1 is 1.00 bits per heavy atom. The Bertz CT molecular complexity index is 459. The third-order valence-electron chi connectivity index (χ3n) is 1.75. The standard InChI is InChI=1S/C10H7Br2N3/c11-7-4-6-14-10(9(7)12)15-8-3-1-2-5-13-8/h1-6H,(H,13,14,15). The first kappa shape index (κ1) is 10.6. The van der Waals surface area contributed by atoms with E-state index in [2.05, 4.69) is 47.1 Å². The van der Waals surface area contributed by atoms with Gasteiger partial charge in [0.2, 0.25) is 0 Å². The van der Waals surface area contributed by atoms with Crippen LogP contribution in [0.2, 0.25) is 0 Å². The van der Waals surface area contributed by atoms with Gasteiger partial charge in [-0.15, -0.1) is 0 Å². The topological polar surface area (TPSA) is 37.8 Å². The van der Waals surface area contributed by atoms with Crippen LogP contribution in [-0.4, -0.2) is 9.97 Å². The summed E-state index contributed by atoms with van der Waals surface area (Å²) in [6, 6.07) is 7.54. The third kappa shape index (κ3) is 2.54. The molecule has 2 heterocycles. The van der Waals surface area contributed by atoms with E-state index >= 15 is 0 Å². The van der Waals surface area contributed by atoms with Crippen molar-refractivity contribution in [2.45, 2.75) is 0 Å². The van der Waals surface area contributed by atoms with Gasteiger partial charge in [0.05, 0.1) is 4.47 Å². The maximum Gasteiger partial charge on any atom is 0.146 e. The monoisotopic (exact) mass is 327 g/mol. The zero-order valence-electron chi connectivity index (χ0n) is 7.61. The van der Waals surface area contributed by atoms with Gasteiger partial charge in [-0.2, -0.15) is 0 Å². The molecule has 0 aromatic carbocycles. The van der Waals surface area contributed by atoms with Gasteiger partial charge in [0.1, 0.15) is 11.6 Å². The van der Waals surface area contributed by atoms with Crippen LogP contribution in [0.3, 0.4) is 0 Å². The Hall–Kier alpha value is -0.940. The van der Waals surface area contributed by atoms with Crippen molar-refractivity contribution in [3.05, 3.63) is 45.6 Å². The number of hydrogen-bond donors (Lipinski definition) is 1. The molecule has 0 aliphatic heterocycles. The fourth-order valence-corrected chi connectivity index (χ4v) is 1.71. The molecule has 0 fully saturated rings. The number of anilines is 2. The summed E-state index contributed by atoms with van der Waals surface area (Å²) in [6.07, 6.45) is 3.45. The van der Waals surface area contributed by atoms with E-state index in [4.69, 9.17) is 0 Å². The van der Waals surface area contributed by atoms with Crippen LogP contribution in [0.5, 0.6) is 0 Å². The van der Waals surface area contributed by atoms with E-state index in [0.29, 0.717) is 0 Å². The van der Waals surface area contributed by atoms with Gasteiger partial charge in [0, 0.05) is 16.9 Å². The fraction of sp³-hybridized carbons (Fsp3) is 0. The number of hydrogen-bond acceptors (Lipinski definition) is 3. The molecule has 0 amide bonds. The van der Waals surface area contributed by atoms with Crippen LogP contribution in [0, 0.1) is 0 Å². The molecular weight excluding hydrogens is 322 g/mol. The van der Waals surface area contributed by atoms with Gasteiger partial charge >= 0.3 is 0 Å². The molecule has 2 aromatic rings. The normalized spacial score (nSPS) is 10.0. The molecule has 1 N–H and O–H groups in total. The molecule has 5 heteroatoms. The van der Waals surface area contributed by atoms with Gasteiger partial charge in [0.15, 0.2) is 0 Å². The number of pyridine rings is 2. The second-order valence-corrected chi connectivity index (χ2v) is 4.44. The van der Waals surface area contributed by atoms with Crippen molar-refractivity contribution in [2.75, 3.05) is 5.32 Å². The Morgan fingerprint density at radius 3 is 2.60 bits per heavy atom. The van der Waals surface area contributed by atoms with E-state index in [1.165, 1.54) is 0 Å².